The minimum Gasteiger partial charge on any atom is -0.456 e. The fourth-order valence-electron chi connectivity index (χ4n) is 10.3. The first-order valence-corrected chi connectivity index (χ1v) is 22.0. The van der Waals surface area contributed by atoms with Gasteiger partial charge in [0.1, 0.15) is 28.0 Å². The van der Waals surface area contributed by atoms with E-state index in [0.717, 1.165) is 116 Å². The fraction of sp³-hybridized carbons (Fsp3) is 0. The molecule has 10 aromatic carbocycles. The molecule has 65 heavy (non-hydrogen) atoms. The summed E-state index contributed by atoms with van der Waals surface area (Å²) in [5, 5.41) is 8.64. The number of aromatic nitrogens is 1. The van der Waals surface area contributed by atoms with Crippen LogP contribution < -0.4 is 4.90 Å². The predicted molar refractivity (Wildman–Crippen MR) is 268 cm³/mol. The molecule has 0 fully saturated rings. The van der Waals surface area contributed by atoms with E-state index in [2.05, 4.69) is 204 Å². The third-order valence-corrected chi connectivity index (χ3v) is 13.2. The van der Waals surface area contributed by atoms with Crippen LogP contribution >= 0.6 is 0 Å². The number of hydrogen-bond donors (Lipinski definition) is 0. The SMILES string of the molecule is c1ccc(-c2ccc(N(c3ccc(-c4cccc5c4oc4ccccc45)cc3)c3cccc4c3oc3c(-n5c6ccccc6c6ccccc65)c5c(cc34)oc3ccccc35)cc2)cc1. The van der Waals surface area contributed by atoms with E-state index in [1.807, 2.05) is 24.3 Å². The summed E-state index contributed by atoms with van der Waals surface area (Å²) in [7, 11) is 0. The molecule has 0 aliphatic heterocycles. The molecule has 0 saturated heterocycles. The summed E-state index contributed by atoms with van der Waals surface area (Å²) in [5.41, 5.74) is 15.5. The third kappa shape index (κ3) is 5.33. The quantitative estimate of drug-likeness (QED) is 0.167. The van der Waals surface area contributed by atoms with E-state index in [1.54, 1.807) is 0 Å². The summed E-state index contributed by atoms with van der Waals surface area (Å²) in [6, 6.07) is 77.0. The molecule has 0 aliphatic carbocycles. The van der Waals surface area contributed by atoms with Crippen molar-refractivity contribution in [3.63, 3.8) is 0 Å². The molecule has 5 nitrogen and oxygen atoms in total. The van der Waals surface area contributed by atoms with Gasteiger partial charge in [-0.25, -0.2) is 0 Å². The number of para-hydroxylation sites is 6. The van der Waals surface area contributed by atoms with Crippen LogP contribution in [0.2, 0.25) is 0 Å². The first-order valence-electron chi connectivity index (χ1n) is 22.0. The Morgan fingerprint density at radius 3 is 1.57 bits per heavy atom. The van der Waals surface area contributed by atoms with Crippen molar-refractivity contribution in [2.24, 2.45) is 0 Å². The molecule has 0 amide bonds. The molecule has 4 aromatic heterocycles. The van der Waals surface area contributed by atoms with Gasteiger partial charge in [0.15, 0.2) is 11.2 Å². The fourth-order valence-corrected chi connectivity index (χ4v) is 10.3. The van der Waals surface area contributed by atoms with Crippen LogP contribution in [0.4, 0.5) is 17.1 Å². The molecule has 4 heterocycles. The zero-order valence-electron chi connectivity index (χ0n) is 34.9. The van der Waals surface area contributed by atoms with Crippen molar-refractivity contribution >= 4 is 105 Å². The van der Waals surface area contributed by atoms with Crippen LogP contribution in [0.15, 0.2) is 232 Å². The molecule has 0 radical (unpaired) electrons. The van der Waals surface area contributed by atoms with Gasteiger partial charge in [0.05, 0.1) is 22.1 Å². The van der Waals surface area contributed by atoms with Gasteiger partial charge in [-0.15, -0.1) is 0 Å². The van der Waals surface area contributed by atoms with E-state index in [1.165, 1.54) is 16.3 Å². The van der Waals surface area contributed by atoms with Crippen molar-refractivity contribution in [2.45, 2.75) is 0 Å². The molecule has 0 aliphatic rings. The molecule has 0 bridgehead atoms. The second-order valence-electron chi connectivity index (χ2n) is 16.8. The molecular weight excluding hydrogens is 797 g/mol. The Hall–Kier alpha value is -8.80. The highest BCUT2D eigenvalue weighted by atomic mass is 16.3. The molecule has 0 spiro atoms. The van der Waals surface area contributed by atoms with Crippen LogP contribution in [-0.4, -0.2) is 4.57 Å². The van der Waals surface area contributed by atoms with E-state index in [9.17, 15) is 0 Å². The van der Waals surface area contributed by atoms with E-state index < -0.39 is 0 Å². The maximum Gasteiger partial charge on any atom is 0.160 e. The Kier molecular flexibility index (Phi) is 7.62. The number of nitrogens with zero attached hydrogens (tertiary/aromatic N) is 2. The summed E-state index contributed by atoms with van der Waals surface area (Å²) < 4.78 is 23.0. The summed E-state index contributed by atoms with van der Waals surface area (Å²) in [5.74, 6) is 0. The van der Waals surface area contributed by atoms with Gasteiger partial charge in [0.25, 0.3) is 0 Å². The highest BCUT2D eigenvalue weighted by Crippen LogP contribution is 2.48. The Balaban J connectivity index is 1.02. The second kappa shape index (κ2) is 13.9. The van der Waals surface area contributed by atoms with Crippen molar-refractivity contribution < 1.29 is 13.3 Å². The normalized spacial score (nSPS) is 12.0. The smallest absolute Gasteiger partial charge is 0.160 e. The minimum atomic E-state index is 0.782. The minimum absolute atomic E-state index is 0.782. The van der Waals surface area contributed by atoms with Gasteiger partial charge >= 0.3 is 0 Å². The number of benzene rings is 10. The van der Waals surface area contributed by atoms with Gasteiger partial charge in [-0.1, -0.05) is 158 Å². The maximum absolute atomic E-state index is 7.43. The Morgan fingerprint density at radius 1 is 0.323 bits per heavy atom. The molecule has 0 N–H and O–H groups in total. The molecule has 0 unspecified atom stereocenters. The van der Waals surface area contributed by atoms with Crippen LogP contribution in [0.3, 0.4) is 0 Å². The highest BCUT2D eigenvalue weighted by Gasteiger charge is 2.26. The molecular formula is C60H36N2O3. The van der Waals surface area contributed by atoms with Gasteiger partial charge in [-0.05, 0) is 77.4 Å². The molecule has 0 atom stereocenters. The lowest BCUT2D eigenvalue weighted by Gasteiger charge is -2.26. The van der Waals surface area contributed by atoms with Crippen molar-refractivity contribution in [3.8, 4) is 27.9 Å². The Bertz CT molecular complexity index is 4120. The topological polar surface area (TPSA) is 47.6 Å². The average molecular weight is 833 g/mol. The van der Waals surface area contributed by atoms with E-state index in [0.29, 0.717) is 0 Å². The van der Waals surface area contributed by atoms with Crippen molar-refractivity contribution in [1.29, 1.82) is 0 Å². The van der Waals surface area contributed by atoms with Gasteiger partial charge in [-0.2, -0.15) is 0 Å². The van der Waals surface area contributed by atoms with E-state index >= 15 is 0 Å². The lowest BCUT2D eigenvalue weighted by molar-refractivity contribution is 0.662. The standard InChI is InChI=1S/C60H36N2O3/c1-2-14-37(15-3-1)38-28-32-40(33-29-38)61(41-34-30-39(31-35-41)42-20-12-21-46-45-18-6-10-26-53(45)64-58(42)46)52-25-13-22-47-49-36-55-56(48-19-7-11-27-54(48)63-55)57(60(49)65-59(47)52)62-50-23-8-4-16-43(50)44-17-5-9-24-51(44)62/h1-36H. The van der Waals surface area contributed by atoms with Gasteiger partial charge in [0.2, 0.25) is 0 Å². The monoisotopic (exact) mass is 832 g/mol. The van der Waals surface area contributed by atoms with Gasteiger partial charge < -0.3 is 22.7 Å². The predicted octanol–water partition coefficient (Wildman–Crippen LogP) is 17.3. The summed E-state index contributed by atoms with van der Waals surface area (Å²) in [4.78, 5) is 2.31. The zero-order chi connectivity index (χ0) is 42.6. The van der Waals surface area contributed by atoms with Crippen LogP contribution in [-0.2, 0) is 0 Å². The summed E-state index contributed by atoms with van der Waals surface area (Å²) in [6.45, 7) is 0. The highest BCUT2D eigenvalue weighted by molar-refractivity contribution is 6.23. The van der Waals surface area contributed by atoms with Crippen LogP contribution in [0.25, 0.3) is 116 Å². The number of anilines is 3. The lowest BCUT2D eigenvalue weighted by Crippen LogP contribution is -2.10. The van der Waals surface area contributed by atoms with Crippen LogP contribution in [0.5, 0.6) is 0 Å². The third-order valence-electron chi connectivity index (χ3n) is 13.2. The van der Waals surface area contributed by atoms with Crippen LogP contribution in [0, 0.1) is 0 Å². The number of rotatable bonds is 6. The van der Waals surface area contributed by atoms with Gasteiger partial charge in [-0.3, -0.25) is 0 Å². The largest absolute Gasteiger partial charge is 0.456 e. The van der Waals surface area contributed by atoms with Crippen LogP contribution in [0.1, 0.15) is 0 Å². The summed E-state index contributed by atoms with van der Waals surface area (Å²) in [6.07, 6.45) is 0. The van der Waals surface area contributed by atoms with Crippen molar-refractivity contribution in [1.82, 2.24) is 4.57 Å². The van der Waals surface area contributed by atoms with E-state index in [-0.39, 0.29) is 0 Å². The zero-order valence-corrected chi connectivity index (χ0v) is 34.9. The molecule has 14 rings (SSSR count). The van der Waals surface area contributed by atoms with E-state index in [4.69, 9.17) is 13.3 Å². The molecule has 304 valence electrons. The second-order valence-corrected chi connectivity index (χ2v) is 16.8. The first-order chi connectivity index (χ1) is 32.2. The Labute approximate surface area is 372 Å². The lowest BCUT2D eigenvalue weighted by atomic mass is 10.0. The summed E-state index contributed by atoms with van der Waals surface area (Å²) >= 11 is 0. The number of hydrogen-bond acceptors (Lipinski definition) is 4. The molecule has 5 heteroatoms. The Morgan fingerprint density at radius 2 is 0.862 bits per heavy atom. The first kappa shape index (κ1) is 35.8. The number of fused-ring (bicyclic) bond motifs is 12. The average Bonchev–Trinajstić information content (AvgIpc) is 4.14. The van der Waals surface area contributed by atoms with Crippen molar-refractivity contribution in [3.05, 3.63) is 218 Å². The van der Waals surface area contributed by atoms with Crippen molar-refractivity contribution in [2.75, 3.05) is 4.90 Å². The number of furan rings is 3. The maximum atomic E-state index is 7.43. The molecule has 0 saturated carbocycles. The molecule has 14 aromatic rings. The van der Waals surface area contributed by atoms with Gasteiger partial charge in [0, 0.05) is 54.6 Å².